The van der Waals surface area contributed by atoms with E-state index >= 15 is 0 Å². The van der Waals surface area contributed by atoms with Crippen LogP contribution in [0.15, 0.2) is 42.7 Å². The van der Waals surface area contributed by atoms with Crippen molar-refractivity contribution in [3.05, 3.63) is 54.2 Å². The lowest BCUT2D eigenvalue weighted by Crippen LogP contribution is -2.37. The normalized spacial score (nSPS) is 12.1. The minimum absolute atomic E-state index is 0.0660. The van der Waals surface area contributed by atoms with E-state index in [2.05, 4.69) is 9.97 Å². The number of hydrogen-bond donors (Lipinski definition) is 2. The summed E-state index contributed by atoms with van der Waals surface area (Å²) >= 11 is 1.42. The van der Waals surface area contributed by atoms with E-state index in [0.717, 1.165) is 15.3 Å². The lowest BCUT2D eigenvalue weighted by Gasteiger charge is -2.23. The number of aromatic nitrogens is 3. The number of aliphatic hydroxyl groups excluding tert-OH is 1. The summed E-state index contributed by atoms with van der Waals surface area (Å²) < 4.78 is 33.0. The first-order chi connectivity index (χ1) is 17.8. The van der Waals surface area contributed by atoms with Gasteiger partial charge in [-0.25, -0.2) is 9.37 Å². The fourth-order valence-corrected chi connectivity index (χ4v) is 4.71. The van der Waals surface area contributed by atoms with Gasteiger partial charge in [0, 0.05) is 44.7 Å². The lowest BCUT2D eigenvalue weighted by molar-refractivity contribution is -0.149. The molecule has 0 saturated heterocycles. The van der Waals surface area contributed by atoms with Crippen molar-refractivity contribution >= 4 is 33.1 Å². The summed E-state index contributed by atoms with van der Waals surface area (Å²) in [4.78, 5) is 24.1. The number of nitrogens with zero attached hydrogens (tertiary/aromatic N) is 4. The zero-order valence-electron chi connectivity index (χ0n) is 20.7. The molecule has 0 fully saturated rings. The third kappa shape index (κ3) is 6.23. The summed E-state index contributed by atoms with van der Waals surface area (Å²) in [7, 11) is 3.42. The number of thiophene rings is 1. The quantitative estimate of drug-likeness (QED) is 0.223. The van der Waals surface area contributed by atoms with Crippen molar-refractivity contribution in [1.82, 2.24) is 19.4 Å². The molecule has 12 heteroatoms. The summed E-state index contributed by atoms with van der Waals surface area (Å²) in [5.41, 5.74) is 7.43. The molecule has 1 aromatic carbocycles. The fraction of sp³-hybridized carbons (Fsp3) is 0.320. The third-order valence-electron chi connectivity index (χ3n) is 5.58. The highest BCUT2D eigenvalue weighted by Gasteiger charge is 2.20. The number of pyridine rings is 1. The highest BCUT2D eigenvalue weighted by Crippen LogP contribution is 2.39. The number of rotatable bonds is 11. The van der Waals surface area contributed by atoms with Crippen LogP contribution in [-0.4, -0.2) is 63.6 Å². The second-order valence-electron chi connectivity index (χ2n) is 8.28. The van der Waals surface area contributed by atoms with Gasteiger partial charge in [-0.05, 0) is 25.1 Å². The molecule has 0 saturated carbocycles. The number of benzene rings is 1. The smallest absolute Gasteiger partial charge is 0.249 e. The molecular weight excluding hydrogens is 501 g/mol. The topological polar surface area (TPSA) is 125 Å². The zero-order valence-corrected chi connectivity index (χ0v) is 21.5. The predicted octanol–water partition coefficient (Wildman–Crippen LogP) is 3.54. The molecular formula is C25H28FN5O5S. The molecule has 37 heavy (non-hydrogen) atoms. The minimum Gasteiger partial charge on any atom is -0.453 e. The van der Waals surface area contributed by atoms with Crippen LogP contribution >= 0.6 is 11.3 Å². The molecule has 3 N–H and O–H groups in total. The Morgan fingerprint density at radius 2 is 2.08 bits per heavy atom. The van der Waals surface area contributed by atoms with E-state index in [1.54, 1.807) is 36.5 Å². The Kier molecular flexibility index (Phi) is 8.34. The first kappa shape index (κ1) is 26.5. The molecule has 1 unspecified atom stereocenters. The molecule has 0 aliphatic carbocycles. The van der Waals surface area contributed by atoms with Gasteiger partial charge in [0.2, 0.25) is 5.91 Å². The Labute approximate surface area is 217 Å². The lowest BCUT2D eigenvalue weighted by atomic mass is 10.3. The molecule has 3 heterocycles. The van der Waals surface area contributed by atoms with Crippen LogP contribution < -0.4 is 10.5 Å². The first-order valence-corrected chi connectivity index (χ1v) is 12.3. The molecule has 1 amide bonds. The molecule has 0 aliphatic heterocycles. The maximum absolute atomic E-state index is 14.3. The molecule has 0 radical (unpaired) electrons. The number of fused-ring (bicyclic) bond motifs is 1. The Bertz CT molecular complexity index is 1390. The SMILES string of the molecule is COCCN(Cc1cnc(-c2cc3nccc(Oc4ccc(N)cc4F)c3s2)n1C)C(=O)COC(C)O. The zero-order chi connectivity index (χ0) is 26.5. The Hall–Kier alpha value is -3.58. The first-order valence-electron chi connectivity index (χ1n) is 11.5. The van der Waals surface area contributed by atoms with E-state index in [0.29, 0.717) is 35.9 Å². The van der Waals surface area contributed by atoms with E-state index in [-0.39, 0.29) is 24.8 Å². The number of hydrogen-bond acceptors (Lipinski definition) is 9. The van der Waals surface area contributed by atoms with Crippen molar-refractivity contribution in [1.29, 1.82) is 0 Å². The number of ether oxygens (including phenoxy) is 3. The van der Waals surface area contributed by atoms with Crippen LogP contribution in [0.3, 0.4) is 0 Å². The van der Waals surface area contributed by atoms with Gasteiger partial charge >= 0.3 is 0 Å². The van der Waals surface area contributed by atoms with Gasteiger partial charge in [0.05, 0.1) is 40.1 Å². The highest BCUT2D eigenvalue weighted by molar-refractivity contribution is 7.22. The van der Waals surface area contributed by atoms with Crippen LogP contribution in [0.1, 0.15) is 12.6 Å². The van der Waals surface area contributed by atoms with Gasteiger partial charge in [-0.1, -0.05) is 0 Å². The van der Waals surface area contributed by atoms with Crippen LogP contribution in [-0.2, 0) is 27.9 Å². The minimum atomic E-state index is -1.04. The van der Waals surface area contributed by atoms with Gasteiger partial charge in [0.25, 0.3) is 0 Å². The number of methoxy groups -OCH3 is 1. The summed E-state index contributed by atoms with van der Waals surface area (Å²) in [6, 6.07) is 7.84. The summed E-state index contributed by atoms with van der Waals surface area (Å²) in [6.07, 6.45) is 2.27. The van der Waals surface area contributed by atoms with Gasteiger partial charge < -0.3 is 34.5 Å². The number of amides is 1. The van der Waals surface area contributed by atoms with Crippen molar-refractivity contribution in [2.45, 2.75) is 19.8 Å². The Balaban J connectivity index is 1.58. The largest absolute Gasteiger partial charge is 0.453 e. The van der Waals surface area contributed by atoms with Crippen molar-refractivity contribution < 1.29 is 28.5 Å². The molecule has 4 aromatic rings. The molecule has 0 spiro atoms. The second kappa shape index (κ2) is 11.6. The van der Waals surface area contributed by atoms with E-state index < -0.39 is 12.1 Å². The van der Waals surface area contributed by atoms with E-state index in [9.17, 15) is 14.3 Å². The summed E-state index contributed by atoms with van der Waals surface area (Å²) in [5.74, 6) is 0.387. The molecule has 196 valence electrons. The number of imidazole rings is 1. The van der Waals surface area contributed by atoms with Crippen molar-refractivity contribution in [2.75, 3.05) is 32.6 Å². The van der Waals surface area contributed by atoms with Crippen LogP contribution in [0.25, 0.3) is 20.9 Å². The molecule has 4 rings (SSSR count). The maximum Gasteiger partial charge on any atom is 0.249 e. The number of nitrogens with two attached hydrogens (primary N) is 1. The number of carbonyl (C=O) groups excluding carboxylic acids is 1. The standard InChI is InChI=1S/C25H28FN5O5S/c1-15(32)35-14-23(33)31(8-9-34-3)13-17-12-29-25(30(17)2)22-11-19-24(37-22)21(6-7-28-19)36-20-5-4-16(27)10-18(20)26/h4-7,10-12,15,32H,8-9,13-14,27H2,1-3H3. The van der Waals surface area contributed by atoms with Gasteiger partial charge in [0.15, 0.2) is 17.9 Å². The number of anilines is 1. The van der Waals surface area contributed by atoms with E-state index in [4.69, 9.17) is 19.9 Å². The average molecular weight is 530 g/mol. The van der Waals surface area contributed by atoms with Crippen molar-refractivity contribution in [3.8, 4) is 22.2 Å². The molecule has 3 aromatic heterocycles. The number of aliphatic hydroxyl groups is 1. The number of nitrogen functional groups attached to an aromatic ring is 1. The van der Waals surface area contributed by atoms with Crippen molar-refractivity contribution in [3.63, 3.8) is 0 Å². The van der Waals surface area contributed by atoms with Gasteiger partial charge in [0.1, 0.15) is 18.2 Å². The van der Waals surface area contributed by atoms with Crippen LogP contribution in [0, 0.1) is 5.82 Å². The molecule has 0 aliphatic rings. The summed E-state index contributed by atoms with van der Waals surface area (Å²) in [6.45, 7) is 2.19. The Morgan fingerprint density at radius 3 is 2.81 bits per heavy atom. The second-order valence-corrected chi connectivity index (χ2v) is 9.33. The van der Waals surface area contributed by atoms with Crippen molar-refractivity contribution in [2.24, 2.45) is 7.05 Å². The number of carbonyl (C=O) groups is 1. The Morgan fingerprint density at radius 1 is 1.27 bits per heavy atom. The van der Waals surface area contributed by atoms with Crippen LogP contribution in [0.4, 0.5) is 10.1 Å². The molecule has 10 nitrogen and oxygen atoms in total. The van der Waals surface area contributed by atoms with E-state index in [1.807, 2.05) is 17.7 Å². The van der Waals surface area contributed by atoms with Crippen LogP contribution in [0.5, 0.6) is 11.5 Å². The summed E-state index contributed by atoms with van der Waals surface area (Å²) in [5, 5.41) is 9.34. The predicted molar refractivity (Wildman–Crippen MR) is 138 cm³/mol. The fourth-order valence-electron chi connectivity index (χ4n) is 3.62. The van der Waals surface area contributed by atoms with Gasteiger partial charge in [-0.2, -0.15) is 0 Å². The maximum atomic E-state index is 14.3. The molecule has 1 atom stereocenters. The highest BCUT2D eigenvalue weighted by atomic mass is 32.1. The number of halogens is 1. The monoisotopic (exact) mass is 529 g/mol. The van der Waals surface area contributed by atoms with Gasteiger partial charge in [-0.3, -0.25) is 9.78 Å². The average Bonchev–Trinajstić information content (AvgIpc) is 3.45. The third-order valence-corrected chi connectivity index (χ3v) is 6.71. The molecule has 0 bridgehead atoms. The van der Waals surface area contributed by atoms with Crippen LogP contribution in [0.2, 0.25) is 0 Å². The van der Waals surface area contributed by atoms with E-state index in [1.165, 1.54) is 30.4 Å². The van der Waals surface area contributed by atoms with Gasteiger partial charge in [-0.15, -0.1) is 11.3 Å².